The summed E-state index contributed by atoms with van der Waals surface area (Å²) in [7, 11) is 1.59. The van der Waals surface area contributed by atoms with Crippen molar-refractivity contribution in [3.05, 3.63) is 53.6 Å². The molecular weight excluding hydrogens is 358 g/mol. The van der Waals surface area contributed by atoms with Crippen LogP contribution in [0.4, 0.5) is 0 Å². The predicted octanol–water partition coefficient (Wildman–Crippen LogP) is 4.07. The number of thioether (sulfide) groups is 1. The number of hydrogen-bond acceptors (Lipinski definition) is 5. The van der Waals surface area contributed by atoms with Crippen LogP contribution in [0.5, 0.6) is 5.75 Å². The van der Waals surface area contributed by atoms with E-state index in [1.54, 1.807) is 18.9 Å². The lowest BCUT2D eigenvalue weighted by Gasteiger charge is -2.12. The molecule has 0 bridgehead atoms. The largest absolute Gasteiger partial charge is 0.495 e. The molecule has 0 fully saturated rings. The molecule has 0 radical (unpaired) electrons. The molecule has 3 aromatic rings. The van der Waals surface area contributed by atoms with Crippen molar-refractivity contribution in [2.75, 3.05) is 19.5 Å². The minimum Gasteiger partial charge on any atom is -0.495 e. The molecule has 0 atom stereocenters. The first-order valence-corrected chi connectivity index (χ1v) is 9.19. The Bertz CT molecular complexity index is 840. The number of benzene rings is 2. The molecule has 5 nitrogen and oxygen atoms in total. The summed E-state index contributed by atoms with van der Waals surface area (Å²) >= 11 is 7.86. The second-order valence-corrected chi connectivity index (χ2v) is 6.72. The topological polar surface area (TPSA) is 60.2 Å². The van der Waals surface area contributed by atoms with Crippen molar-refractivity contribution in [3.63, 3.8) is 0 Å². The normalized spacial score (nSPS) is 10.8. The molecule has 0 saturated carbocycles. The summed E-state index contributed by atoms with van der Waals surface area (Å²) in [6.45, 7) is 0.154. The number of ether oxygens (including phenoxy) is 1. The van der Waals surface area contributed by atoms with Gasteiger partial charge >= 0.3 is 0 Å². The number of aliphatic hydroxyl groups is 1. The van der Waals surface area contributed by atoms with Crippen LogP contribution in [0.2, 0.25) is 5.02 Å². The fourth-order valence-corrected chi connectivity index (χ4v) is 3.52. The molecule has 0 aliphatic heterocycles. The van der Waals surface area contributed by atoms with Crippen LogP contribution in [0.25, 0.3) is 17.1 Å². The van der Waals surface area contributed by atoms with Crippen molar-refractivity contribution < 1.29 is 9.84 Å². The van der Waals surface area contributed by atoms with Crippen LogP contribution in [0.1, 0.15) is 6.42 Å². The molecule has 1 N–H and O–H groups in total. The van der Waals surface area contributed by atoms with E-state index in [1.807, 2.05) is 53.1 Å². The van der Waals surface area contributed by atoms with E-state index >= 15 is 0 Å². The van der Waals surface area contributed by atoms with Crippen LogP contribution >= 0.6 is 23.4 Å². The second-order valence-electron chi connectivity index (χ2n) is 5.25. The molecule has 0 amide bonds. The van der Waals surface area contributed by atoms with Crippen LogP contribution in [-0.2, 0) is 0 Å². The summed E-state index contributed by atoms with van der Waals surface area (Å²) in [6, 6.07) is 15.5. The van der Waals surface area contributed by atoms with E-state index in [9.17, 15) is 0 Å². The van der Waals surface area contributed by atoms with E-state index in [2.05, 4.69) is 10.2 Å². The van der Waals surface area contributed by atoms with Gasteiger partial charge in [0, 0.05) is 17.9 Å². The van der Waals surface area contributed by atoms with Gasteiger partial charge in [0.25, 0.3) is 0 Å². The van der Waals surface area contributed by atoms with Gasteiger partial charge in [-0.1, -0.05) is 53.7 Å². The van der Waals surface area contributed by atoms with E-state index in [4.69, 9.17) is 21.4 Å². The molecule has 130 valence electrons. The zero-order valence-electron chi connectivity index (χ0n) is 13.7. The lowest BCUT2D eigenvalue weighted by molar-refractivity contribution is 0.296. The minimum absolute atomic E-state index is 0.154. The first-order chi connectivity index (χ1) is 12.2. The van der Waals surface area contributed by atoms with E-state index in [0.29, 0.717) is 17.2 Å². The molecular formula is C18H18ClN3O2S. The van der Waals surface area contributed by atoms with Crippen molar-refractivity contribution in [1.29, 1.82) is 0 Å². The average Bonchev–Trinajstić information content (AvgIpc) is 3.06. The third kappa shape index (κ3) is 3.98. The number of methoxy groups -OCH3 is 1. The summed E-state index contributed by atoms with van der Waals surface area (Å²) in [4.78, 5) is 0. The highest BCUT2D eigenvalue weighted by Crippen LogP contribution is 2.32. The molecule has 0 unspecified atom stereocenters. The SMILES string of the molecule is COc1ccc(-n2c(SCCCO)nnc2-c2ccccc2)cc1Cl. The van der Waals surface area contributed by atoms with Gasteiger partial charge in [-0.3, -0.25) is 4.57 Å². The Hall–Kier alpha value is -2.02. The number of hydrogen-bond donors (Lipinski definition) is 1. The van der Waals surface area contributed by atoms with Gasteiger partial charge in [0.05, 0.1) is 17.8 Å². The Labute approximate surface area is 155 Å². The molecule has 25 heavy (non-hydrogen) atoms. The zero-order valence-corrected chi connectivity index (χ0v) is 15.3. The minimum atomic E-state index is 0.154. The first kappa shape index (κ1) is 17.8. The van der Waals surface area contributed by atoms with E-state index in [0.717, 1.165) is 28.0 Å². The third-order valence-corrected chi connectivity index (χ3v) is 4.90. The zero-order chi connectivity index (χ0) is 17.6. The van der Waals surface area contributed by atoms with Gasteiger partial charge in [-0.05, 0) is 24.6 Å². The lowest BCUT2D eigenvalue weighted by Crippen LogP contribution is -2.01. The Morgan fingerprint density at radius 2 is 1.96 bits per heavy atom. The smallest absolute Gasteiger partial charge is 0.196 e. The summed E-state index contributed by atoms with van der Waals surface area (Å²) in [5.41, 5.74) is 1.83. The fraction of sp³-hybridized carbons (Fsp3) is 0.222. The second kappa shape index (κ2) is 8.38. The first-order valence-electron chi connectivity index (χ1n) is 7.83. The highest BCUT2D eigenvalue weighted by atomic mass is 35.5. The maximum Gasteiger partial charge on any atom is 0.196 e. The molecule has 2 aromatic carbocycles. The fourth-order valence-electron chi connectivity index (χ4n) is 2.39. The van der Waals surface area contributed by atoms with Gasteiger partial charge in [0.2, 0.25) is 0 Å². The van der Waals surface area contributed by atoms with Gasteiger partial charge in [-0.25, -0.2) is 0 Å². The Kier molecular flexibility index (Phi) is 5.96. The van der Waals surface area contributed by atoms with Crippen molar-refractivity contribution >= 4 is 23.4 Å². The monoisotopic (exact) mass is 375 g/mol. The van der Waals surface area contributed by atoms with Gasteiger partial charge in [-0.2, -0.15) is 0 Å². The van der Waals surface area contributed by atoms with E-state index in [-0.39, 0.29) is 6.61 Å². The predicted molar refractivity (Wildman–Crippen MR) is 101 cm³/mol. The van der Waals surface area contributed by atoms with E-state index in [1.165, 1.54) is 0 Å². The lowest BCUT2D eigenvalue weighted by atomic mass is 10.2. The third-order valence-electron chi connectivity index (χ3n) is 3.59. The Morgan fingerprint density at radius 1 is 1.16 bits per heavy atom. The Morgan fingerprint density at radius 3 is 2.64 bits per heavy atom. The summed E-state index contributed by atoms with van der Waals surface area (Å²) < 4.78 is 7.21. The quantitative estimate of drug-likeness (QED) is 0.498. The number of halogens is 1. The van der Waals surface area contributed by atoms with Crippen LogP contribution in [0.3, 0.4) is 0 Å². The molecule has 7 heteroatoms. The van der Waals surface area contributed by atoms with Crippen molar-refractivity contribution in [2.45, 2.75) is 11.6 Å². The molecule has 1 aromatic heterocycles. The standard InChI is InChI=1S/C18H18ClN3O2S/c1-24-16-9-8-14(12-15(16)19)22-17(13-6-3-2-4-7-13)20-21-18(22)25-11-5-10-23/h2-4,6-9,12,23H,5,10-11H2,1H3. The van der Waals surface area contributed by atoms with Crippen molar-refractivity contribution in [1.82, 2.24) is 14.8 Å². The van der Waals surface area contributed by atoms with Gasteiger partial charge in [0.15, 0.2) is 11.0 Å². The molecule has 0 aliphatic carbocycles. The maximum atomic E-state index is 9.02. The van der Waals surface area contributed by atoms with Gasteiger partial charge < -0.3 is 9.84 Å². The van der Waals surface area contributed by atoms with Crippen LogP contribution in [0.15, 0.2) is 53.7 Å². The van der Waals surface area contributed by atoms with Gasteiger partial charge in [0.1, 0.15) is 5.75 Å². The highest BCUT2D eigenvalue weighted by Gasteiger charge is 2.17. The molecule has 1 heterocycles. The van der Waals surface area contributed by atoms with Crippen LogP contribution in [0, 0.1) is 0 Å². The summed E-state index contributed by atoms with van der Waals surface area (Å²) in [5, 5.41) is 19.0. The van der Waals surface area contributed by atoms with Crippen LogP contribution in [-0.4, -0.2) is 39.3 Å². The number of aliphatic hydroxyl groups excluding tert-OH is 1. The Balaban J connectivity index is 2.07. The average molecular weight is 376 g/mol. The number of rotatable bonds is 7. The molecule has 0 saturated heterocycles. The summed E-state index contributed by atoms with van der Waals surface area (Å²) in [5.74, 6) is 2.12. The highest BCUT2D eigenvalue weighted by molar-refractivity contribution is 7.99. The van der Waals surface area contributed by atoms with Gasteiger partial charge in [-0.15, -0.1) is 10.2 Å². The molecule has 0 aliphatic rings. The molecule has 3 rings (SSSR count). The van der Waals surface area contributed by atoms with Crippen LogP contribution < -0.4 is 4.74 Å². The number of nitrogens with zero attached hydrogens (tertiary/aromatic N) is 3. The van der Waals surface area contributed by atoms with Crippen molar-refractivity contribution in [2.24, 2.45) is 0 Å². The maximum absolute atomic E-state index is 9.02. The summed E-state index contributed by atoms with van der Waals surface area (Å²) in [6.07, 6.45) is 0.696. The number of aromatic nitrogens is 3. The van der Waals surface area contributed by atoms with Crippen molar-refractivity contribution in [3.8, 4) is 22.8 Å². The molecule has 0 spiro atoms. The van der Waals surface area contributed by atoms with E-state index < -0.39 is 0 Å².